The van der Waals surface area contributed by atoms with Crippen LogP contribution in [0.5, 0.6) is 11.5 Å². The van der Waals surface area contributed by atoms with Crippen molar-refractivity contribution in [2.24, 2.45) is 0 Å². The number of carbonyl (C=O) groups is 2. The van der Waals surface area contributed by atoms with Gasteiger partial charge in [-0.25, -0.2) is 4.79 Å². The van der Waals surface area contributed by atoms with Crippen LogP contribution in [0, 0.1) is 0 Å². The molecule has 0 saturated heterocycles. The van der Waals surface area contributed by atoms with Crippen molar-refractivity contribution in [1.29, 1.82) is 0 Å². The summed E-state index contributed by atoms with van der Waals surface area (Å²) in [4.78, 5) is 24.5. The third-order valence-electron chi connectivity index (χ3n) is 4.93. The van der Waals surface area contributed by atoms with Gasteiger partial charge in [0.15, 0.2) is 17.6 Å². The molecule has 0 unspecified atom stereocenters. The van der Waals surface area contributed by atoms with E-state index in [9.17, 15) is 9.59 Å². The summed E-state index contributed by atoms with van der Waals surface area (Å²) in [6.45, 7) is 3.94. The lowest BCUT2D eigenvalue weighted by Crippen LogP contribution is -2.29. The number of amides is 1. The molecule has 0 saturated carbocycles. The van der Waals surface area contributed by atoms with E-state index < -0.39 is 12.1 Å². The molecular formula is C24H27NO5. The molecule has 2 aromatic rings. The fourth-order valence-electron chi connectivity index (χ4n) is 3.39. The Kier molecular flexibility index (Phi) is 7.12. The molecule has 2 aromatic carbocycles. The first-order chi connectivity index (χ1) is 14.5. The summed E-state index contributed by atoms with van der Waals surface area (Å²) < 4.78 is 16.0. The lowest BCUT2D eigenvalue weighted by molar-refractivity contribution is -0.148. The molecule has 0 heterocycles. The number of nitrogens with one attached hydrogen (secondary N) is 1. The SMILES string of the molecule is CCOc1cc(/C=C/C(=O)O[C@@H](C)C(=O)Nc2ccc3c(c2)CCC3)ccc1OC. The molecular weight excluding hydrogens is 382 g/mol. The first-order valence-electron chi connectivity index (χ1n) is 10.1. The number of carbonyl (C=O) groups excluding carboxylic acids is 2. The summed E-state index contributed by atoms with van der Waals surface area (Å²) in [6.07, 6.45) is 5.25. The Morgan fingerprint density at radius 3 is 2.67 bits per heavy atom. The van der Waals surface area contributed by atoms with Crippen molar-refractivity contribution >= 4 is 23.6 Å². The average molecular weight is 409 g/mol. The standard InChI is InChI=1S/C24H27NO5/c1-4-29-22-14-17(8-12-21(22)28-3)9-13-23(26)30-16(2)24(27)25-20-11-10-18-6-5-7-19(18)15-20/h8-16H,4-7H2,1-3H3,(H,25,27)/b13-9+/t16-/m0/s1. The Morgan fingerprint density at radius 1 is 1.10 bits per heavy atom. The van der Waals surface area contributed by atoms with Crippen molar-refractivity contribution in [3.05, 3.63) is 59.2 Å². The predicted molar refractivity (Wildman–Crippen MR) is 116 cm³/mol. The second-order valence-corrected chi connectivity index (χ2v) is 7.08. The summed E-state index contributed by atoms with van der Waals surface area (Å²) in [5, 5.41) is 2.81. The molecule has 0 spiro atoms. The van der Waals surface area contributed by atoms with Crippen molar-refractivity contribution in [3.8, 4) is 11.5 Å². The number of aryl methyl sites for hydroxylation is 2. The Hall–Kier alpha value is -3.28. The highest BCUT2D eigenvalue weighted by Gasteiger charge is 2.18. The van der Waals surface area contributed by atoms with Crippen LogP contribution in [0.3, 0.4) is 0 Å². The zero-order chi connectivity index (χ0) is 21.5. The van der Waals surface area contributed by atoms with E-state index in [0.717, 1.165) is 30.5 Å². The molecule has 0 fully saturated rings. The quantitative estimate of drug-likeness (QED) is 0.523. The van der Waals surface area contributed by atoms with Crippen LogP contribution < -0.4 is 14.8 Å². The third kappa shape index (κ3) is 5.41. The van der Waals surface area contributed by atoms with Gasteiger partial charge in [-0.2, -0.15) is 0 Å². The lowest BCUT2D eigenvalue weighted by atomic mass is 10.1. The van der Waals surface area contributed by atoms with E-state index in [1.807, 2.05) is 25.1 Å². The molecule has 1 aliphatic rings. The Labute approximate surface area is 176 Å². The van der Waals surface area contributed by atoms with E-state index in [2.05, 4.69) is 5.32 Å². The number of anilines is 1. The smallest absolute Gasteiger partial charge is 0.331 e. The molecule has 0 aliphatic heterocycles. The zero-order valence-electron chi connectivity index (χ0n) is 17.6. The van der Waals surface area contributed by atoms with Crippen LogP contribution in [0.25, 0.3) is 6.08 Å². The number of rotatable bonds is 8. The third-order valence-corrected chi connectivity index (χ3v) is 4.93. The summed E-state index contributed by atoms with van der Waals surface area (Å²) in [5.41, 5.74) is 4.09. The highest BCUT2D eigenvalue weighted by molar-refractivity contribution is 5.96. The Bertz CT molecular complexity index is 951. The number of hydrogen-bond acceptors (Lipinski definition) is 5. The van der Waals surface area contributed by atoms with Crippen LogP contribution >= 0.6 is 0 Å². The number of fused-ring (bicyclic) bond motifs is 1. The maximum Gasteiger partial charge on any atom is 0.331 e. The monoisotopic (exact) mass is 409 g/mol. The minimum absolute atomic E-state index is 0.363. The molecule has 0 bridgehead atoms. The van der Waals surface area contributed by atoms with Crippen molar-refractivity contribution in [3.63, 3.8) is 0 Å². The number of esters is 1. The van der Waals surface area contributed by atoms with E-state index in [0.29, 0.717) is 18.1 Å². The summed E-state index contributed by atoms with van der Waals surface area (Å²) in [5.74, 6) is 0.254. The first-order valence-corrected chi connectivity index (χ1v) is 10.1. The van der Waals surface area contributed by atoms with Crippen molar-refractivity contribution in [1.82, 2.24) is 0 Å². The van der Waals surface area contributed by atoms with Gasteiger partial charge >= 0.3 is 5.97 Å². The summed E-state index contributed by atoms with van der Waals surface area (Å²) >= 11 is 0. The van der Waals surface area contributed by atoms with Crippen LogP contribution in [0.4, 0.5) is 5.69 Å². The van der Waals surface area contributed by atoms with E-state index in [1.54, 1.807) is 38.3 Å². The molecule has 1 atom stereocenters. The molecule has 6 heteroatoms. The molecule has 1 amide bonds. The van der Waals surface area contributed by atoms with Gasteiger partial charge in [0.2, 0.25) is 0 Å². The van der Waals surface area contributed by atoms with Gasteiger partial charge in [0, 0.05) is 11.8 Å². The average Bonchev–Trinajstić information content (AvgIpc) is 3.20. The molecule has 1 N–H and O–H groups in total. The maximum atomic E-state index is 12.4. The highest BCUT2D eigenvalue weighted by Crippen LogP contribution is 2.28. The molecule has 158 valence electrons. The minimum Gasteiger partial charge on any atom is -0.493 e. The largest absolute Gasteiger partial charge is 0.493 e. The number of methoxy groups -OCH3 is 1. The van der Waals surface area contributed by atoms with Gasteiger partial charge in [0.05, 0.1) is 13.7 Å². The van der Waals surface area contributed by atoms with Crippen LogP contribution in [0.15, 0.2) is 42.5 Å². The van der Waals surface area contributed by atoms with E-state index in [1.165, 1.54) is 17.2 Å². The second kappa shape index (κ2) is 9.96. The van der Waals surface area contributed by atoms with Gasteiger partial charge in [-0.05, 0) is 80.1 Å². The zero-order valence-corrected chi connectivity index (χ0v) is 17.6. The number of hydrogen-bond donors (Lipinski definition) is 1. The van der Waals surface area contributed by atoms with Gasteiger partial charge in [0.1, 0.15) is 0 Å². The fourth-order valence-corrected chi connectivity index (χ4v) is 3.39. The fraction of sp³-hybridized carbons (Fsp3) is 0.333. The predicted octanol–water partition coefficient (Wildman–Crippen LogP) is 4.17. The van der Waals surface area contributed by atoms with Crippen LogP contribution in [0.1, 0.15) is 37.0 Å². The Balaban J connectivity index is 1.56. The second-order valence-electron chi connectivity index (χ2n) is 7.08. The van der Waals surface area contributed by atoms with Gasteiger partial charge in [-0.15, -0.1) is 0 Å². The van der Waals surface area contributed by atoms with Crippen LogP contribution in [-0.2, 0) is 27.2 Å². The first kappa shape index (κ1) is 21.4. The highest BCUT2D eigenvalue weighted by atomic mass is 16.5. The van der Waals surface area contributed by atoms with Gasteiger partial charge in [0.25, 0.3) is 5.91 Å². The Morgan fingerprint density at radius 2 is 1.90 bits per heavy atom. The van der Waals surface area contributed by atoms with E-state index in [-0.39, 0.29) is 5.91 Å². The molecule has 3 rings (SSSR count). The lowest BCUT2D eigenvalue weighted by Gasteiger charge is -2.13. The van der Waals surface area contributed by atoms with E-state index in [4.69, 9.17) is 14.2 Å². The minimum atomic E-state index is -0.912. The molecule has 30 heavy (non-hydrogen) atoms. The van der Waals surface area contributed by atoms with Gasteiger partial charge < -0.3 is 19.5 Å². The maximum absolute atomic E-state index is 12.4. The number of benzene rings is 2. The molecule has 0 radical (unpaired) electrons. The van der Waals surface area contributed by atoms with E-state index >= 15 is 0 Å². The van der Waals surface area contributed by atoms with Crippen LogP contribution in [0.2, 0.25) is 0 Å². The van der Waals surface area contributed by atoms with Crippen molar-refractivity contribution in [2.75, 3.05) is 19.0 Å². The van der Waals surface area contributed by atoms with Crippen molar-refractivity contribution < 1.29 is 23.8 Å². The summed E-state index contributed by atoms with van der Waals surface area (Å²) in [6, 6.07) is 11.3. The topological polar surface area (TPSA) is 73.9 Å². The molecule has 6 nitrogen and oxygen atoms in total. The van der Waals surface area contributed by atoms with Crippen LogP contribution in [-0.4, -0.2) is 31.7 Å². The normalized spacial score (nSPS) is 13.6. The molecule has 0 aromatic heterocycles. The summed E-state index contributed by atoms with van der Waals surface area (Å²) in [7, 11) is 1.57. The van der Waals surface area contributed by atoms with Crippen molar-refractivity contribution in [2.45, 2.75) is 39.2 Å². The number of ether oxygens (including phenoxy) is 3. The molecule has 1 aliphatic carbocycles. The van der Waals surface area contributed by atoms with Gasteiger partial charge in [-0.1, -0.05) is 12.1 Å². The van der Waals surface area contributed by atoms with Gasteiger partial charge in [-0.3, -0.25) is 4.79 Å².